The number of halogens is 4. The normalized spacial score (nSPS) is 14.9. The lowest BCUT2D eigenvalue weighted by molar-refractivity contribution is -0.140. The average Bonchev–Trinajstić information content (AvgIpc) is 2.97. The Morgan fingerprint density at radius 1 is 0.932 bits per heavy atom. The lowest BCUT2D eigenvalue weighted by Crippen LogP contribution is -2.55. The first-order chi connectivity index (χ1) is 20.8. The van der Waals surface area contributed by atoms with E-state index < -0.39 is 40.3 Å². The van der Waals surface area contributed by atoms with Crippen LogP contribution in [0.4, 0.5) is 18.9 Å². The molecule has 0 spiro atoms. The van der Waals surface area contributed by atoms with Crippen LogP contribution in [0, 0.1) is 0 Å². The van der Waals surface area contributed by atoms with Crippen LogP contribution in [0.15, 0.2) is 78.9 Å². The summed E-state index contributed by atoms with van der Waals surface area (Å²) in [6.07, 6.45) is 0.871. The van der Waals surface area contributed by atoms with Crippen molar-refractivity contribution in [1.82, 2.24) is 10.2 Å². The van der Waals surface area contributed by atoms with Crippen molar-refractivity contribution in [1.29, 1.82) is 0 Å². The van der Waals surface area contributed by atoms with Gasteiger partial charge in [-0.1, -0.05) is 79.4 Å². The largest absolute Gasteiger partial charge is 0.416 e. The van der Waals surface area contributed by atoms with Gasteiger partial charge in [0.1, 0.15) is 12.6 Å². The summed E-state index contributed by atoms with van der Waals surface area (Å²) in [6, 6.07) is 18.5. The minimum atomic E-state index is -4.72. The van der Waals surface area contributed by atoms with Crippen LogP contribution in [0.5, 0.6) is 0 Å². The molecule has 236 valence electrons. The Bertz CT molecular complexity index is 1550. The minimum Gasteiger partial charge on any atom is -0.352 e. The molecule has 3 aromatic carbocycles. The fourth-order valence-electron chi connectivity index (χ4n) is 5.38. The number of nitrogens with one attached hydrogen (secondary N) is 1. The minimum absolute atomic E-state index is 0.0599. The highest BCUT2D eigenvalue weighted by atomic mass is 35.5. The van der Waals surface area contributed by atoms with Gasteiger partial charge in [-0.25, -0.2) is 8.42 Å². The third-order valence-corrected chi connectivity index (χ3v) is 8.98. The Kier molecular flexibility index (Phi) is 11.0. The van der Waals surface area contributed by atoms with E-state index >= 15 is 0 Å². The second-order valence-electron chi connectivity index (χ2n) is 11.0. The monoisotopic (exact) mass is 649 g/mol. The molecule has 3 aromatic rings. The molecule has 0 bridgehead atoms. The molecule has 0 heterocycles. The number of sulfonamides is 1. The van der Waals surface area contributed by atoms with Gasteiger partial charge in [0, 0.05) is 24.0 Å². The molecule has 12 heteroatoms. The predicted molar refractivity (Wildman–Crippen MR) is 165 cm³/mol. The third-order valence-electron chi connectivity index (χ3n) is 7.61. The Hall–Kier alpha value is -3.57. The van der Waals surface area contributed by atoms with E-state index in [1.54, 1.807) is 24.3 Å². The molecule has 1 aliphatic rings. The fourth-order valence-corrected chi connectivity index (χ4v) is 6.44. The Morgan fingerprint density at radius 2 is 1.59 bits per heavy atom. The van der Waals surface area contributed by atoms with Gasteiger partial charge in [0.05, 0.1) is 17.5 Å². The second kappa shape index (κ2) is 14.5. The van der Waals surface area contributed by atoms with Crippen LogP contribution in [0.1, 0.15) is 48.8 Å². The Labute approximate surface area is 261 Å². The first-order valence-corrected chi connectivity index (χ1v) is 16.6. The number of nitrogens with zero attached hydrogens (tertiary/aromatic N) is 2. The molecule has 1 aliphatic carbocycles. The van der Waals surface area contributed by atoms with Gasteiger partial charge < -0.3 is 10.2 Å². The molecule has 4 rings (SSSR count). The molecule has 1 unspecified atom stereocenters. The van der Waals surface area contributed by atoms with Crippen molar-refractivity contribution in [3.63, 3.8) is 0 Å². The summed E-state index contributed by atoms with van der Waals surface area (Å²) in [5.41, 5.74) is 0.00253. The number of benzene rings is 3. The molecule has 1 N–H and O–H groups in total. The maximum atomic E-state index is 14.2. The van der Waals surface area contributed by atoms with Crippen molar-refractivity contribution in [2.24, 2.45) is 0 Å². The van der Waals surface area contributed by atoms with Crippen LogP contribution >= 0.6 is 11.6 Å². The van der Waals surface area contributed by atoms with Crippen molar-refractivity contribution in [2.75, 3.05) is 17.1 Å². The van der Waals surface area contributed by atoms with Gasteiger partial charge in [-0.2, -0.15) is 13.2 Å². The zero-order chi connectivity index (χ0) is 31.9. The molecular formula is C32H35ClF3N3O4S. The Balaban J connectivity index is 1.74. The van der Waals surface area contributed by atoms with Gasteiger partial charge in [0.15, 0.2) is 0 Å². The molecule has 0 radical (unpaired) electrons. The standard InChI is InChI=1S/C32H35ClF3N3O4S/c1-44(42,43)39(28-17-9-13-25(20-28)32(34,35)36)22-30(40)38(21-24-12-8-14-26(33)18-24)29(19-23-10-4-2-5-11-23)31(41)37-27-15-6-3-7-16-27/h2,4-5,8-14,17-18,20,27,29H,3,6-7,15-16,19,21-22H2,1H3,(H,37,41). The zero-order valence-electron chi connectivity index (χ0n) is 24.3. The molecule has 44 heavy (non-hydrogen) atoms. The Morgan fingerprint density at radius 3 is 2.23 bits per heavy atom. The summed E-state index contributed by atoms with van der Waals surface area (Å²) in [5, 5.41) is 3.50. The molecule has 0 aliphatic heterocycles. The maximum Gasteiger partial charge on any atom is 0.416 e. The number of carbonyl (C=O) groups excluding carboxylic acids is 2. The summed E-state index contributed by atoms with van der Waals surface area (Å²) >= 11 is 6.22. The van der Waals surface area contributed by atoms with Crippen LogP contribution in [-0.4, -0.2) is 50.0 Å². The summed E-state index contributed by atoms with van der Waals surface area (Å²) in [7, 11) is -4.22. The summed E-state index contributed by atoms with van der Waals surface area (Å²) in [6.45, 7) is -0.905. The first-order valence-electron chi connectivity index (χ1n) is 14.3. The summed E-state index contributed by atoms with van der Waals surface area (Å²) < 4.78 is 66.9. The summed E-state index contributed by atoms with van der Waals surface area (Å²) in [5.74, 6) is -1.14. The zero-order valence-corrected chi connectivity index (χ0v) is 25.8. The average molecular weight is 650 g/mol. The molecule has 0 saturated heterocycles. The van der Waals surface area contributed by atoms with E-state index in [1.807, 2.05) is 30.3 Å². The summed E-state index contributed by atoms with van der Waals surface area (Å²) in [4.78, 5) is 29.4. The molecule has 0 aromatic heterocycles. The van der Waals surface area contributed by atoms with E-state index in [1.165, 1.54) is 11.0 Å². The smallest absolute Gasteiger partial charge is 0.352 e. The van der Waals surface area contributed by atoms with E-state index in [-0.39, 0.29) is 30.6 Å². The number of hydrogen-bond acceptors (Lipinski definition) is 4. The highest BCUT2D eigenvalue weighted by Crippen LogP contribution is 2.32. The van der Waals surface area contributed by atoms with Gasteiger partial charge in [-0.15, -0.1) is 0 Å². The van der Waals surface area contributed by atoms with Crippen molar-refractivity contribution < 1.29 is 31.2 Å². The van der Waals surface area contributed by atoms with Gasteiger partial charge in [0.2, 0.25) is 21.8 Å². The van der Waals surface area contributed by atoms with Gasteiger partial charge in [0.25, 0.3) is 0 Å². The van der Waals surface area contributed by atoms with Gasteiger partial charge in [-0.3, -0.25) is 13.9 Å². The van der Waals surface area contributed by atoms with Crippen molar-refractivity contribution in [3.05, 3.63) is 101 Å². The highest BCUT2D eigenvalue weighted by Gasteiger charge is 2.35. The van der Waals surface area contributed by atoms with E-state index in [4.69, 9.17) is 11.6 Å². The number of carbonyl (C=O) groups is 2. The van der Waals surface area contributed by atoms with E-state index in [0.29, 0.717) is 21.0 Å². The van der Waals surface area contributed by atoms with Crippen molar-refractivity contribution in [3.8, 4) is 0 Å². The van der Waals surface area contributed by atoms with Crippen molar-refractivity contribution >= 4 is 39.1 Å². The van der Waals surface area contributed by atoms with Crippen LogP contribution < -0.4 is 9.62 Å². The van der Waals surface area contributed by atoms with E-state index in [2.05, 4.69) is 5.32 Å². The molecule has 7 nitrogen and oxygen atoms in total. The highest BCUT2D eigenvalue weighted by molar-refractivity contribution is 7.92. The third kappa shape index (κ3) is 9.22. The number of rotatable bonds is 11. The van der Waals surface area contributed by atoms with Crippen LogP contribution in [0.2, 0.25) is 5.02 Å². The molecular weight excluding hydrogens is 615 g/mol. The number of amides is 2. The number of anilines is 1. The predicted octanol–water partition coefficient (Wildman–Crippen LogP) is 6.21. The molecule has 1 fully saturated rings. The van der Waals surface area contributed by atoms with Crippen LogP contribution in [-0.2, 0) is 38.8 Å². The van der Waals surface area contributed by atoms with Crippen LogP contribution in [0.25, 0.3) is 0 Å². The quantitative estimate of drug-likeness (QED) is 0.268. The lowest BCUT2D eigenvalue weighted by atomic mass is 9.94. The topological polar surface area (TPSA) is 86.8 Å². The lowest BCUT2D eigenvalue weighted by Gasteiger charge is -2.35. The number of alkyl halides is 3. The second-order valence-corrected chi connectivity index (χ2v) is 13.4. The first kappa shape index (κ1) is 33.3. The van der Waals surface area contributed by atoms with Gasteiger partial charge in [-0.05, 0) is 54.3 Å². The van der Waals surface area contributed by atoms with Crippen molar-refractivity contribution in [2.45, 2.75) is 63.3 Å². The fraction of sp³-hybridized carbons (Fsp3) is 0.375. The van der Waals surface area contributed by atoms with E-state index in [0.717, 1.165) is 56.1 Å². The molecule has 1 saturated carbocycles. The SMILES string of the molecule is CS(=O)(=O)N(CC(=O)N(Cc1cccc(Cl)c1)C(Cc1ccccc1)C(=O)NC1CCCCC1)c1cccc(C(F)(F)F)c1. The molecule has 1 atom stereocenters. The molecule has 2 amide bonds. The maximum absolute atomic E-state index is 14.2. The van der Waals surface area contributed by atoms with E-state index in [9.17, 15) is 31.2 Å². The van der Waals surface area contributed by atoms with Crippen LogP contribution in [0.3, 0.4) is 0 Å². The number of hydrogen-bond donors (Lipinski definition) is 1. The van der Waals surface area contributed by atoms with Gasteiger partial charge >= 0.3 is 6.18 Å².